The third-order valence-electron chi connectivity index (χ3n) is 2.62. The number of carboxylic acid groups (broad SMARTS) is 1. The van der Waals surface area contributed by atoms with Crippen LogP contribution in [0.1, 0.15) is 33.6 Å². The van der Waals surface area contributed by atoms with Gasteiger partial charge in [-0.25, -0.2) is 4.79 Å². The molecule has 6 nitrogen and oxygen atoms in total. The van der Waals surface area contributed by atoms with Crippen LogP contribution >= 0.6 is 0 Å². The summed E-state index contributed by atoms with van der Waals surface area (Å²) in [7, 11) is 0. The molecule has 6 heteroatoms. The Bertz CT molecular complexity index is 311. The molecule has 0 aromatic carbocycles. The van der Waals surface area contributed by atoms with Gasteiger partial charge >= 0.3 is 12.1 Å². The molecular formula is C11H20N2O4. The van der Waals surface area contributed by atoms with E-state index in [2.05, 4.69) is 5.32 Å². The molecule has 3 unspecified atom stereocenters. The molecule has 0 heterocycles. The Morgan fingerprint density at radius 3 is 2.41 bits per heavy atom. The Labute approximate surface area is 101 Å². The number of aliphatic carboxylic acids is 1. The second kappa shape index (κ2) is 4.91. The lowest BCUT2D eigenvalue weighted by molar-refractivity contribution is -0.142. The topological polar surface area (TPSA) is 102 Å². The predicted molar refractivity (Wildman–Crippen MR) is 61.5 cm³/mol. The van der Waals surface area contributed by atoms with Crippen LogP contribution in [0, 0.1) is 5.92 Å². The van der Waals surface area contributed by atoms with Crippen molar-refractivity contribution in [3.8, 4) is 0 Å². The van der Waals surface area contributed by atoms with Crippen molar-refractivity contribution in [3.63, 3.8) is 0 Å². The highest BCUT2D eigenvalue weighted by molar-refractivity contribution is 5.74. The van der Waals surface area contributed by atoms with E-state index in [-0.39, 0.29) is 6.04 Å². The van der Waals surface area contributed by atoms with Crippen LogP contribution in [0.2, 0.25) is 0 Å². The second-order valence-corrected chi connectivity index (χ2v) is 5.43. The molecule has 1 rings (SSSR count). The van der Waals surface area contributed by atoms with Crippen molar-refractivity contribution in [3.05, 3.63) is 0 Å². The number of rotatable bonds is 2. The fourth-order valence-electron chi connectivity index (χ4n) is 1.97. The highest BCUT2D eigenvalue weighted by Gasteiger charge is 2.38. The lowest BCUT2D eigenvalue weighted by atomic mass is 10.0. The summed E-state index contributed by atoms with van der Waals surface area (Å²) in [5, 5.41) is 11.6. The van der Waals surface area contributed by atoms with Gasteiger partial charge in [-0.15, -0.1) is 0 Å². The Morgan fingerprint density at radius 1 is 1.35 bits per heavy atom. The monoisotopic (exact) mass is 244 g/mol. The minimum absolute atomic E-state index is 0.184. The quantitative estimate of drug-likeness (QED) is 0.663. The Hall–Kier alpha value is -1.30. The molecule has 0 saturated heterocycles. The van der Waals surface area contributed by atoms with Crippen molar-refractivity contribution in [1.82, 2.24) is 5.32 Å². The fourth-order valence-corrected chi connectivity index (χ4v) is 1.97. The summed E-state index contributed by atoms with van der Waals surface area (Å²) >= 11 is 0. The van der Waals surface area contributed by atoms with E-state index in [0.717, 1.165) is 0 Å². The first-order valence-corrected chi connectivity index (χ1v) is 5.67. The maximum absolute atomic E-state index is 11.5. The van der Waals surface area contributed by atoms with Crippen molar-refractivity contribution in [2.75, 3.05) is 0 Å². The minimum Gasteiger partial charge on any atom is -0.481 e. The largest absolute Gasteiger partial charge is 0.481 e. The van der Waals surface area contributed by atoms with Gasteiger partial charge in [0.25, 0.3) is 0 Å². The molecule has 0 aliphatic heterocycles. The fraction of sp³-hybridized carbons (Fsp3) is 0.818. The molecule has 1 amide bonds. The molecule has 1 saturated carbocycles. The van der Waals surface area contributed by atoms with Crippen LogP contribution in [0.25, 0.3) is 0 Å². The average Bonchev–Trinajstić information content (AvgIpc) is 2.42. The van der Waals surface area contributed by atoms with Crippen LogP contribution in [-0.2, 0) is 9.53 Å². The SMILES string of the molecule is CC(C)(C)OC(=O)NC1CC(N)CC1C(=O)O. The molecule has 0 radical (unpaired) electrons. The van der Waals surface area contributed by atoms with Crippen LogP contribution < -0.4 is 11.1 Å². The van der Waals surface area contributed by atoms with Gasteiger partial charge in [0.15, 0.2) is 0 Å². The third-order valence-corrected chi connectivity index (χ3v) is 2.62. The first-order valence-electron chi connectivity index (χ1n) is 5.67. The Kier molecular flexibility index (Phi) is 3.98. The van der Waals surface area contributed by atoms with E-state index in [1.807, 2.05) is 0 Å². The molecule has 0 spiro atoms. The lowest BCUT2D eigenvalue weighted by Gasteiger charge is -2.23. The Balaban J connectivity index is 2.55. The first kappa shape index (κ1) is 13.8. The van der Waals surface area contributed by atoms with E-state index in [9.17, 15) is 9.59 Å². The van der Waals surface area contributed by atoms with Gasteiger partial charge in [0.1, 0.15) is 5.60 Å². The van der Waals surface area contributed by atoms with Crippen LogP contribution in [0.15, 0.2) is 0 Å². The van der Waals surface area contributed by atoms with Crippen LogP contribution in [0.3, 0.4) is 0 Å². The summed E-state index contributed by atoms with van der Waals surface area (Å²) in [6.07, 6.45) is 0.259. The maximum atomic E-state index is 11.5. The standard InChI is InChI=1S/C11H20N2O4/c1-11(2,3)17-10(16)13-8-5-6(12)4-7(8)9(14)15/h6-8H,4-5,12H2,1-3H3,(H,13,16)(H,14,15). The van der Waals surface area contributed by atoms with E-state index in [0.29, 0.717) is 12.8 Å². The van der Waals surface area contributed by atoms with Gasteiger partial charge in [0.2, 0.25) is 0 Å². The number of carbonyl (C=O) groups is 2. The van der Waals surface area contributed by atoms with Gasteiger partial charge in [0, 0.05) is 12.1 Å². The summed E-state index contributed by atoms with van der Waals surface area (Å²) in [5.41, 5.74) is 5.11. The maximum Gasteiger partial charge on any atom is 0.407 e. The van der Waals surface area contributed by atoms with Gasteiger partial charge in [-0.1, -0.05) is 0 Å². The average molecular weight is 244 g/mol. The number of carbonyl (C=O) groups excluding carboxylic acids is 1. The highest BCUT2D eigenvalue weighted by atomic mass is 16.6. The molecule has 0 aromatic heterocycles. The van der Waals surface area contributed by atoms with E-state index in [1.165, 1.54) is 0 Å². The summed E-state index contributed by atoms with van der Waals surface area (Å²) in [6, 6.07) is -0.631. The minimum atomic E-state index is -0.931. The van der Waals surface area contributed by atoms with Crippen molar-refractivity contribution >= 4 is 12.1 Å². The number of ether oxygens (including phenoxy) is 1. The van der Waals surface area contributed by atoms with Gasteiger partial charge in [-0.2, -0.15) is 0 Å². The van der Waals surface area contributed by atoms with Gasteiger partial charge in [0.05, 0.1) is 5.92 Å². The number of amides is 1. The molecule has 1 aliphatic carbocycles. The number of nitrogens with one attached hydrogen (secondary N) is 1. The summed E-state index contributed by atoms with van der Waals surface area (Å²) < 4.78 is 5.08. The normalized spacial score (nSPS) is 28.8. The van der Waals surface area contributed by atoms with Crippen molar-refractivity contribution < 1.29 is 19.4 Å². The zero-order valence-electron chi connectivity index (χ0n) is 10.4. The lowest BCUT2D eigenvalue weighted by Crippen LogP contribution is -2.43. The number of hydrogen-bond acceptors (Lipinski definition) is 4. The summed E-state index contributed by atoms with van der Waals surface area (Å²) in [5.74, 6) is -1.56. The van der Waals surface area contributed by atoms with Crippen LogP contribution in [0.5, 0.6) is 0 Å². The number of nitrogens with two attached hydrogens (primary N) is 1. The predicted octanol–water partition coefficient (Wildman–Crippen LogP) is 0.702. The second-order valence-electron chi connectivity index (χ2n) is 5.43. The molecule has 98 valence electrons. The highest BCUT2D eigenvalue weighted by Crippen LogP contribution is 2.25. The van der Waals surface area contributed by atoms with Crippen molar-refractivity contribution in [1.29, 1.82) is 0 Å². The number of hydrogen-bond donors (Lipinski definition) is 3. The van der Waals surface area contributed by atoms with E-state index < -0.39 is 29.6 Å². The molecule has 4 N–H and O–H groups in total. The molecular weight excluding hydrogens is 224 g/mol. The molecule has 17 heavy (non-hydrogen) atoms. The van der Waals surface area contributed by atoms with Crippen molar-refractivity contribution in [2.45, 2.75) is 51.3 Å². The number of carboxylic acids is 1. The Morgan fingerprint density at radius 2 is 1.94 bits per heavy atom. The van der Waals surface area contributed by atoms with Gasteiger partial charge < -0.3 is 20.9 Å². The van der Waals surface area contributed by atoms with Crippen molar-refractivity contribution in [2.24, 2.45) is 11.7 Å². The zero-order valence-corrected chi connectivity index (χ0v) is 10.4. The van der Waals surface area contributed by atoms with Gasteiger partial charge in [-0.3, -0.25) is 4.79 Å². The molecule has 1 aliphatic rings. The molecule has 3 atom stereocenters. The van der Waals surface area contributed by atoms with Crippen LogP contribution in [-0.4, -0.2) is 34.9 Å². The third kappa shape index (κ3) is 4.22. The van der Waals surface area contributed by atoms with E-state index >= 15 is 0 Å². The molecule has 1 fully saturated rings. The first-order chi connectivity index (χ1) is 7.69. The summed E-state index contributed by atoms with van der Waals surface area (Å²) in [4.78, 5) is 22.5. The zero-order chi connectivity index (χ0) is 13.2. The van der Waals surface area contributed by atoms with E-state index in [1.54, 1.807) is 20.8 Å². The summed E-state index contributed by atoms with van der Waals surface area (Å²) in [6.45, 7) is 5.25. The molecule has 0 bridgehead atoms. The van der Waals surface area contributed by atoms with Crippen LogP contribution in [0.4, 0.5) is 4.79 Å². The number of alkyl carbamates (subject to hydrolysis) is 1. The smallest absolute Gasteiger partial charge is 0.407 e. The van der Waals surface area contributed by atoms with Gasteiger partial charge in [-0.05, 0) is 33.6 Å². The van der Waals surface area contributed by atoms with E-state index in [4.69, 9.17) is 15.6 Å². The molecule has 0 aromatic rings.